The van der Waals surface area contributed by atoms with Crippen molar-refractivity contribution in [3.05, 3.63) is 42.5 Å². The number of primary amides is 1. The maximum Gasteiger partial charge on any atom is 0.249 e. The number of aliphatic hydroxyl groups excluding tert-OH is 1. The molecule has 0 saturated carbocycles. The van der Waals surface area contributed by atoms with Crippen LogP contribution in [0.15, 0.2) is 42.5 Å². The number of nitrogens with zero attached hydrogens (tertiary/aromatic N) is 1. The average Bonchev–Trinajstić information content (AvgIpc) is 2.62. The summed E-state index contributed by atoms with van der Waals surface area (Å²) in [6.45, 7) is 2.02. The van der Waals surface area contributed by atoms with Gasteiger partial charge in [0.25, 0.3) is 0 Å². The van der Waals surface area contributed by atoms with Gasteiger partial charge in [-0.15, -0.1) is 0 Å². The molecule has 0 bridgehead atoms. The first-order valence-electron chi connectivity index (χ1n) is 8.62. The zero-order valence-electron chi connectivity index (χ0n) is 14.2. The van der Waals surface area contributed by atoms with Crippen molar-refractivity contribution in [2.24, 2.45) is 5.73 Å². The highest BCUT2D eigenvalue weighted by Gasteiger charge is 2.37. The number of nitrogens with one attached hydrogen (secondary N) is 1. The lowest BCUT2D eigenvalue weighted by Gasteiger charge is -2.36. The van der Waals surface area contributed by atoms with E-state index in [9.17, 15) is 15.0 Å². The molecule has 1 amide bonds. The van der Waals surface area contributed by atoms with Gasteiger partial charge in [-0.2, -0.15) is 0 Å². The van der Waals surface area contributed by atoms with Crippen LogP contribution in [0, 0.1) is 0 Å². The fourth-order valence-corrected chi connectivity index (χ4v) is 3.32. The minimum absolute atomic E-state index is 0.311. The summed E-state index contributed by atoms with van der Waals surface area (Å²) in [7, 11) is 0. The molecule has 0 aromatic heterocycles. The molecule has 1 heterocycles. The van der Waals surface area contributed by atoms with E-state index in [4.69, 9.17) is 5.73 Å². The summed E-state index contributed by atoms with van der Waals surface area (Å²) in [5.74, 6) is -0.662. The number of carbonyl (C=O) groups is 1. The number of hydrogen-bond donors (Lipinski definition) is 4. The zero-order chi connectivity index (χ0) is 17.9. The van der Waals surface area contributed by atoms with Crippen molar-refractivity contribution in [1.82, 2.24) is 4.90 Å². The van der Waals surface area contributed by atoms with Crippen LogP contribution in [-0.4, -0.2) is 58.9 Å². The number of fused-ring (bicyclic) bond motifs is 1. The quantitative estimate of drug-likeness (QED) is 0.625. The van der Waals surface area contributed by atoms with Gasteiger partial charge in [0.2, 0.25) is 5.91 Å². The second kappa shape index (κ2) is 7.39. The number of nitrogens with two attached hydrogens (primary N) is 1. The molecule has 0 aliphatic carbocycles. The van der Waals surface area contributed by atoms with Gasteiger partial charge in [-0.25, -0.2) is 0 Å². The van der Waals surface area contributed by atoms with Crippen LogP contribution in [0.25, 0.3) is 10.8 Å². The van der Waals surface area contributed by atoms with Crippen molar-refractivity contribution in [3.8, 4) is 0 Å². The molecular formula is C19H25N3O3. The Morgan fingerprint density at radius 2 is 1.88 bits per heavy atom. The zero-order valence-corrected chi connectivity index (χ0v) is 14.2. The number of carbonyl (C=O) groups excluding carboxylic acids is 1. The first-order valence-corrected chi connectivity index (χ1v) is 8.62. The summed E-state index contributed by atoms with van der Waals surface area (Å²) >= 11 is 0. The van der Waals surface area contributed by atoms with Gasteiger partial charge in [0.15, 0.2) is 0 Å². The third kappa shape index (κ3) is 4.10. The molecule has 1 unspecified atom stereocenters. The smallest absolute Gasteiger partial charge is 0.249 e. The van der Waals surface area contributed by atoms with E-state index >= 15 is 0 Å². The molecule has 0 radical (unpaired) electrons. The Morgan fingerprint density at radius 1 is 1.20 bits per heavy atom. The van der Waals surface area contributed by atoms with E-state index in [1.165, 1.54) is 0 Å². The van der Waals surface area contributed by atoms with E-state index < -0.39 is 17.6 Å². The minimum Gasteiger partial charge on any atom is -0.390 e. The van der Waals surface area contributed by atoms with Crippen LogP contribution in [0.4, 0.5) is 5.69 Å². The topological polar surface area (TPSA) is 98.8 Å². The fraction of sp³-hybridized carbons (Fsp3) is 0.421. The Hall–Kier alpha value is -2.15. The fourth-order valence-electron chi connectivity index (χ4n) is 3.32. The normalized spacial score (nSPS) is 18.8. The van der Waals surface area contributed by atoms with E-state index in [0.717, 1.165) is 16.5 Å². The number of β-amino-alcohol motifs (C(OH)–C–C–N with tert-alkyl or cyclic N) is 1. The van der Waals surface area contributed by atoms with Crippen LogP contribution in [0.2, 0.25) is 0 Å². The molecule has 0 spiro atoms. The number of benzene rings is 2. The Kier molecular flexibility index (Phi) is 5.22. The predicted octanol–water partition coefficient (Wildman–Crippen LogP) is 0.925. The van der Waals surface area contributed by atoms with Crippen LogP contribution in [0.5, 0.6) is 0 Å². The summed E-state index contributed by atoms with van der Waals surface area (Å²) in [5, 5.41) is 26.0. The predicted molar refractivity (Wildman–Crippen MR) is 98.3 cm³/mol. The number of hydrogen-bond acceptors (Lipinski definition) is 5. The number of piperidine rings is 1. The highest BCUT2D eigenvalue weighted by Crippen LogP contribution is 2.24. The van der Waals surface area contributed by atoms with E-state index in [1.807, 2.05) is 29.2 Å². The molecule has 3 rings (SSSR count). The number of rotatable bonds is 6. The van der Waals surface area contributed by atoms with Crippen molar-refractivity contribution in [2.45, 2.75) is 24.5 Å². The molecule has 1 fully saturated rings. The van der Waals surface area contributed by atoms with E-state index in [2.05, 4.69) is 23.5 Å². The molecule has 1 aliphatic rings. The van der Waals surface area contributed by atoms with Gasteiger partial charge in [-0.3, -0.25) is 4.79 Å². The lowest BCUT2D eigenvalue weighted by atomic mass is 9.91. The standard InChI is InChI=1S/C19H25N3O3/c20-18(24)19(25)8-10-22(11-9-19)13-15(23)12-21-17-7-3-5-14-4-1-2-6-16(14)17/h1-7,15,21,23,25H,8-13H2,(H2,20,24). The Labute approximate surface area is 147 Å². The molecule has 2 aromatic rings. The van der Waals surface area contributed by atoms with Crippen LogP contribution < -0.4 is 11.1 Å². The summed E-state index contributed by atoms with van der Waals surface area (Å²) in [6.07, 6.45) is 0.0798. The highest BCUT2D eigenvalue weighted by molar-refractivity contribution is 5.93. The van der Waals surface area contributed by atoms with Crippen molar-refractivity contribution in [2.75, 3.05) is 31.5 Å². The third-order valence-corrected chi connectivity index (χ3v) is 4.93. The van der Waals surface area contributed by atoms with Crippen molar-refractivity contribution < 1.29 is 15.0 Å². The van der Waals surface area contributed by atoms with Gasteiger partial charge in [0.1, 0.15) is 5.60 Å². The van der Waals surface area contributed by atoms with E-state index in [1.54, 1.807) is 0 Å². The molecule has 1 atom stereocenters. The summed E-state index contributed by atoms with van der Waals surface area (Å²) in [5.41, 5.74) is 4.84. The van der Waals surface area contributed by atoms with E-state index in [-0.39, 0.29) is 0 Å². The number of aliphatic hydroxyl groups is 2. The number of amides is 1. The second-order valence-corrected chi connectivity index (χ2v) is 6.76. The van der Waals surface area contributed by atoms with Gasteiger partial charge in [-0.05, 0) is 24.3 Å². The Bertz CT molecular complexity index is 736. The first-order chi connectivity index (χ1) is 12.0. The average molecular weight is 343 g/mol. The highest BCUT2D eigenvalue weighted by atomic mass is 16.3. The third-order valence-electron chi connectivity index (χ3n) is 4.93. The second-order valence-electron chi connectivity index (χ2n) is 6.76. The largest absolute Gasteiger partial charge is 0.390 e. The van der Waals surface area contributed by atoms with Gasteiger partial charge >= 0.3 is 0 Å². The van der Waals surface area contributed by atoms with Crippen molar-refractivity contribution >= 4 is 22.4 Å². The molecule has 6 heteroatoms. The molecule has 1 aliphatic heterocycles. The van der Waals surface area contributed by atoms with Crippen molar-refractivity contribution in [3.63, 3.8) is 0 Å². The molecular weight excluding hydrogens is 318 g/mol. The monoisotopic (exact) mass is 343 g/mol. The lowest BCUT2D eigenvalue weighted by molar-refractivity contribution is -0.141. The first kappa shape index (κ1) is 17.7. The van der Waals surface area contributed by atoms with E-state index in [0.29, 0.717) is 39.0 Å². The van der Waals surface area contributed by atoms with Crippen LogP contribution in [0.1, 0.15) is 12.8 Å². The number of likely N-dealkylation sites (tertiary alicyclic amines) is 1. The molecule has 134 valence electrons. The van der Waals surface area contributed by atoms with Crippen molar-refractivity contribution in [1.29, 1.82) is 0 Å². The molecule has 1 saturated heterocycles. The summed E-state index contributed by atoms with van der Waals surface area (Å²) in [6, 6.07) is 14.2. The molecule has 25 heavy (non-hydrogen) atoms. The van der Waals surface area contributed by atoms with Gasteiger partial charge < -0.3 is 26.2 Å². The van der Waals surface area contributed by atoms with Crippen LogP contribution >= 0.6 is 0 Å². The Morgan fingerprint density at radius 3 is 2.60 bits per heavy atom. The maximum atomic E-state index is 11.3. The number of anilines is 1. The summed E-state index contributed by atoms with van der Waals surface area (Å²) in [4.78, 5) is 13.3. The SMILES string of the molecule is NC(=O)C1(O)CCN(CC(O)CNc2cccc3ccccc23)CC1. The van der Waals surface area contributed by atoms with Gasteiger partial charge in [-0.1, -0.05) is 36.4 Å². The molecule has 2 aromatic carbocycles. The van der Waals surface area contributed by atoms with Gasteiger partial charge in [0, 0.05) is 37.3 Å². The summed E-state index contributed by atoms with van der Waals surface area (Å²) < 4.78 is 0. The van der Waals surface area contributed by atoms with Crippen LogP contribution in [-0.2, 0) is 4.79 Å². The molecule has 5 N–H and O–H groups in total. The van der Waals surface area contributed by atoms with Crippen LogP contribution in [0.3, 0.4) is 0 Å². The maximum absolute atomic E-state index is 11.3. The Balaban J connectivity index is 1.52. The van der Waals surface area contributed by atoms with Gasteiger partial charge in [0.05, 0.1) is 6.10 Å². The minimum atomic E-state index is -1.40. The molecule has 6 nitrogen and oxygen atoms in total. The lowest BCUT2D eigenvalue weighted by Crippen LogP contribution is -2.53.